The van der Waals surface area contributed by atoms with Gasteiger partial charge in [-0.2, -0.15) is 4.21 Å². The first kappa shape index (κ1) is 15.0. The van der Waals surface area contributed by atoms with E-state index in [1.165, 1.54) is 0 Å². The number of aryl methyl sites for hydroxylation is 1. The lowest BCUT2D eigenvalue weighted by Gasteiger charge is -2.17. The van der Waals surface area contributed by atoms with Crippen LogP contribution in [0.3, 0.4) is 0 Å². The van der Waals surface area contributed by atoms with Gasteiger partial charge in [0.05, 0.1) is 13.2 Å². The number of carbonyl (C=O) groups excluding carboxylic acids is 1. The number of nitrogens with one attached hydrogen (secondary N) is 1. The van der Waals surface area contributed by atoms with Crippen LogP contribution in [-0.4, -0.2) is 27.9 Å². The zero-order valence-electron chi connectivity index (χ0n) is 11.0. The Labute approximate surface area is 120 Å². The topological polar surface area (TPSA) is 84.9 Å². The summed E-state index contributed by atoms with van der Waals surface area (Å²) in [6.07, 6.45) is 2.66. The van der Waals surface area contributed by atoms with Crippen molar-refractivity contribution < 1.29 is 22.5 Å². The number of hydrogen-bond donors (Lipinski definition) is 2. The van der Waals surface area contributed by atoms with Crippen LogP contribution in [0.2, 0.25) is 0 Å². The van der Waals surface area contributed by atoms with Gasteiger partial charge in [-0.05, 0) is 30.9 Å². The maximum atomic E-state index is 11.3. The monoisotopic (exact) mass is 299 g/mol. The van der Waals surface area contributed by atoms with E-state index < -0.39 is 11.4 Å². The van der Waals surface area contributed by atoms with Crippen molar-refractivity contribution >= 4 is 23.0 Å². The van der Waals surface area contributed by atoms with E-state index in [-0.39, 0.29) is 12.5 Å². The summed E-state index contributed by atoms with van der Waals surface area (Å²) >= 11 is -2.19. The molecule has 20 heavy (non-hydrogen) atoms. The van der Waals surface area contributed by atoms with E-state index >= 15 is 0 Å². The van der Waals surface area contributed by atoms with Crippen LogP contribution in [0.1, 0.15) is 24.8 Å². The Kier molecular flexibility index (Phi) is 5.51. The first-order chi connectivity index (χ1) is 9.65. The van der Waals surface area contributed by atoms with Gasteiger partial charge in [-0.25, -0.2) is 0 Å². The Bertz CT molecular complexity index is 506. The van der Waals surface area contributed by atoms with Gasteiger partial charge in [-0.1, -0.05) is 6.07 Å². The third-order valence-electron chi connectivity index (χ3n) is 2.97. The summed E-state index contributed by atoms with van der Waals surface area (Å²) in [5.41, 5.74) is 1.94. The van der Waals surface area contributed by atoms with Crippen LogP contribution in [0, 0.1) is 0 Å². The molecule has 0 spiro atoms. The second kappa shape index (κ2) is 7.37. The quantitative estimate of drug-likeness (QED) is 0.593. The zero-order valence-corrected chi connectivity index (χ0v) is 11.8. The van der Waals surface area contributed by atoms with Gasteiger partial charge in [-0.3, -0.25) is 13.5 Å². The molecule has 1 unspecified atom stereocenters. The molecule has 1 amide bonds. The van der Waals surface area contributed by atoms with E-state index in [2.05, 4.69) is 9.50 Å². The van der Waals surface area contributed by atoms with Crippen molar-refractivity contribution in [2.45, 2.75) is 25.7 Å². The van der Waals surface area contributed by atoms with Crippen LogP contribution in [0.25, 0.3) is 0 Å². The molecule has 0 saturated carbocycles. The summed E-state index contributed by atoms with van der Waals surface area (Å²) in [5.74, 6) is 0.737. The summed E-state index contributed by atoms with van der Waals surface area (Å²) < 4.78 is 28.7. The van der Waals surface area contributed by atoms with Crippen LogP contribution >= 0.6 is 0 Å². The lowest BCUT2D eigenvalue weighted by atomic mass is 10.0. The van der Waals surface area contributed by atoms with E-state index in [0.29, 0.717) is 25.2 Å². The molecule has 1 aliphatic heterocycles. The number of benzene rings is 1. The van der Waals surface area contributed by atoms with Crippen molar-refractivity contribution in [3.63, 3.8) is 0 Å². The third kappa shape index (κ3) is 4.59. The molecule has 1 heterocycles. The minimum atomic E-state index is -2.19. The molecule has 0 radical (unpaired) electrons. The number of carbonyl (C=O) groups is 1. The van der Waals surface area contributed by atoms with E-state index in [1.54, 1.807) is 0 Å². The molecule has 1 aromatic carbocycles. The number of unbranched alkanes of at least 4 members (excludes halogenated alkanes) is 1. The van der Waals surface area contributed by atoms with Gasteiger partial charge in [0.2, 0.25) is 5.91 Å². The highest BCUT2D eigenvalue weighted by molar-refractivity contribution is 7.74. The Morgan fingerprint density at radius 3 is 2.85 bits per heavy atom. The summed E-state index contributed by atoms with van der Waals surface area (Å²) in [7, 11) is 0. The summed E-state index contributed by atoms with van der Waals surface area (Å²) in [6.45, 7) is 0.723. The van der Waals surface area contributed by atoms with Crippen LogP contribution in [-0.2, 0) is 26.8 Å². The Balaban J connectivity index is 1.75. The molecule has 2 N–H and O–H groups in total. The summed E-state index contributed by atoms with van der Waals surface area (Å²) in [4.78, 5) is 11.3. The largest absolute Gasteiger partial charge is 0.494 e. The van der Waals surface area contributed by atoms with Gasteiger partial charge in [0.1, 0.15) is 5.75 Å². The molecule has 0 fully saturated rings. The molecule has 0 saturated heterocycles. The maximum absolute atomic E-state index is 11.3. The van der Waals surface area contributed by atoms with Crippen molar-refractivity contribution in [2.24, 2.45) is 0 Å². The first-order valence-corrected chi connectivity index (χ1v) is 7.48. The third-order valence-corrected chi connectivity index (χ3v) is 3.34. The average Bonchev–Trinajstić information content (AvgIpc) is 2.42. The van der Waals surface area contributed by atoms with Gasteiger partial charge in [0.15, 0.2) is 0 Å². The fraction of sp³-hybridized carbons (Fsp3) is 0.462. The highest BCUT2D eigenvalue weighted by Crippen LogP contribution is 2.27. The number of fused-ring (bicyclic) bond motifs is 1. The lowest BCUT2D eigenvalue weighted by Crippen LogP contribution is -2.18. The highest BCUT2D eigenvalue weighted by Gasteiger charge is 2.14. The SMILES string of the molecule is O=C1CCc2ccc(OCCCCOS(=O)O)cc2N1. The predicted molar refractivity (Wildman–Crippen MR) is 74.8 cm³/mol. The minimum absolute atomic E-state index is 0.0313. The second-order valence-electron chi connectivity index (χ2n) is 4.46. The standard InChI is InChI=1S/C13H17NO5S/c15-13-6-4-10-3-5-11(9-12(10)14-13)18-7-1-2-8-19-20(16)17/h3,5,9H,1-2,4,6-8H2,(H,14,15)(H,16,17). The summed E-state index contributed by atoms with van der Waals surface area (Å²) in [5, 5.41) is 2.82. The van der Waals surface area contributed by atoms with Crippen molar-refractivity contribution in [3.8, 4) is 5.75 Å². The fourth-order valence-corrected chi connectivity index (χ4v) is 2.23. The number of rotatable bonds is 7. The molecule has 7 heteroatoms. The molecule has 6 nitrogen and oxygen atoms in total. The molecule has 0 bridgehead atoms. The molecule has 1 atom stereocenters. The Hall–Kier alpha value is -1.44. The zero-order chi connectivity index (χ0) is 14.4. The Morgan fingerprint density at radius 2 is 2.05 bits per heavy atom. The van der Waals surface area contributed by atoms with E-state index in [4.69, 9.17) is 9.29 Å². The van der Waals surface area contributed by atoms with E-state index in [1.807, 2.05) is 18.2 Å². The lowest BCUT2D eigenvalue weighted by molar-refractivity contribution is -0.116. The van der Waals surface area contributed by atoms with Crippen molar-refractivity contribution in [1.29, 1.82) is 0 Å². The smallest absolute Gasteiger partial charge is 0.301 e. The van der Waals surface area contributed by atoms with Gasteiger partial charge < -0.3 is 10.1 Å². The van der Waals surface area contributed by atoms with Crippen molar-refractivity contribution in [3.05, 3.63) is 23.8 Å². The van der Waals surface area contributed by atoms with Crippen LogP contribution in [0.15, 0.2) is 18.2 Å². The normalized spacial score (nSPS) is 15.3. The van der Waals surface area contributed by atoms with Gasteiger partial charge in [0.25, 0.3) is 0 Å². The van der Waals surface area contributed by atoms with Crippen molar-refractivity contribution in [1.82, 2.24) is 0 Å². The first-order valence-electron chi connectivity index (χ1n) is 6.45. The van der Waals surface area contributed by atoms with E-state index in [0.717, 1.165) is 24.1 Å². The average molecular weight is 299 g/mol. The molecule has 1 aromatic rings. The molecule has 110 valence electrons. The maximum Gasteiger partial charge on any atom is 0.301 e. The van der Waals surface area contributed by atoms with Crippen LogP contribution in [0.4, 0.5) is 5.69 Å². The Morgan fingerprint density at radius 1 is 1.25 bits per heavy atom. The molecular weight excluding hydrogens is 282 g/mol. The summed E-state index contributed by atoms with van der Waals surface area (Å²) in [6, 6.07) is 5.67. The van der Waals surface area contributed by atoms with Crippen LogP contribution < -0.4 is 10.1 Å². The minimum Gasteiger partial charge on any atom is -0.494 e. The fourth-order valence-electron chi connectivity index (χ4n) is 1.96. The number of anilines is 1. The van der Waals surface area contributed by atoms with Gasteiger partial charge in [0, 0.05) is 18.2 Å². The molecule has 1 aliphatic rings. The number of ether oxygens (including phenoxy) is 1. The van der Waals surface area contributed by atoms with Crippen LogP contribution in [0.5, 0.6) is 5.75 Å². The predicted octanol–water partition coefficient (Wildman–Crippen LogP) is 1.88. The molecule has 2 rings (SSSR count). The molecule has 0 aliphatic carbocycles. The second-order valence-corrected chi connectivity index (χ2v) is 5.13. The van der Waals surface area contributed by atoms with Crippen molar-refractivity contribution in [2.75, 3.05) is 18.5 Å². The molecule has 0 aromatic heterocycles. The number of amides is 1. The van der Waals surface area contributed by atoms with Gasteiger partial charge >= 0.3 is 11.4 Å². The molecular formula is C13H17NO5S. The highest BCUT2D eigenvalue weighted by atomic mass is 32.2. The van der Waals surface area contributed by atoms with Gasteiger partial charge in [-0.15, -0.1) is 0 Å². The number of hydrogen-bond acceptors (Lipinski definition) is 4. The van der Waals surface area contributed by atoms with E-state index in [9.17, 15) is 9.00 Å².